The number of nitrogens with two attached hydrogens (primary N) is 2. The predicted octanol–water partition coefficient (Wildman–Crippen LogP) is 2.21. The summed E-state index contributed by atoms with van der Waals surface area (Å²) in [4.78, 5) is 12.7. The van der Waals surface area contributed by atoms with Gasteiger partial charge in [0.1, 0.15) is 0 Å². The van der Waals surface area contributed by atoms with E-state index in [0.29, 0.717) is 29.7 Å². The SMILES string of the molecule is NCCn1cc(-c2ccccc2N)c(=O)c2ccccc21. The van der Waals surface area contributed by atoms with Crippen LogP contribution in [-0.4, -0.2) is 11.1 Å². The average Bonchev–Trinajstić information content (AvgIpc) is 2.51. The van der Waals surface area contributed by atoms with E-state index in [9.17, 15) is 4.79 Å². The molecule has 0 fully saturated rings. The van der Waals surface area contributed by atoms with Crippen molar-refractivity contribution in [3.8, 4) is 11.1 Å². The Kier molecular flexibility index (Phi) is 3.46. The fourth-order valence-corrected chi connectivity index (χ4v) is 2.60. The largest absolute Gasteiger partial charge is 0.398 e. The van der Waals surface area contributed by atoms with Crippen molar-refractivity contribution in [2.75, 3.05) is 12.3 Å². The molecule has 0 aliphatic carbocycles. The third-order valence-electron chi connectivity index (χ3n) is 3.61. The van der Waals surface area contributed by atoms with E-state index in [2.05, 4.69) is 0 Å². The van der Waals surface area contributed by atoms with Crippen molar-refractivity contribution in [3.05, 3.63) is 65.0 Å². The molecule has 0 bridgehead atoms. The highest BCUT2D eigenvalue weighted by Gasteiger charge is 2.11. The molecule has 1 heterocycles. The van der Waals surface area contributed by atoms with Crippen molar-refractivity contribution in [1.29, 1.82) is 0 Å². The Morgan fingerprint density at radius 3 is 2.43 bits per heavy atom. The highest BCUT2D eigenvalue weighted by molar-refractivity contribution is 5.86. The highest BCUT2D eigenvalue weighted by atomic mass is 16.1. The topological polar surface area (TPSA) is 74.0 Å². The molecule has 0 atom stereocenters. The zero-order chi connectivity index (χ0) is 14.8. The minimum atomic E-state index is -0.00299. The molecule has 0 aliphatic rings. The molecule has 0 amide bonds. The van der Waals surface area contributed by atoms with Gasteiger partial charge < -0.3 is 16.0 Å². The van der Waals surface area contributed by atoms with Gasteiger partial charge in [-0.3, -0.25) is 4.79 Å². The third-order valence-corrected chi connectivity index (χ3v) is 3.61. The van der Waals surface area contributed by atoms with Crippen LogP contribution in [0.25, 0.3) is 22.0 Å². The molecule has 21 heavy (non-hydrogen) atoms. The summed E-state index contributed by atoms with van der Waals surface area (Å²) in [5.74, 6) is 0. The van der Waals surface area contributed by atoms with Crippen molar-refractivity contribution < 1.29 is 0 Å². The van der Waals surface area contributed by atoms with Crippen LogP contribution in [0.5, 0.6) is 0 Å². The lowest BCUT2D eigenvalue weighted by Gasteiger charge is -2.13. The number of fused-ring (bicyclic) bond motifs is 1. The van der Waals surface area contributed by atoms with Crippen LogP contribution in [0.2, 0.25) is 0 Å². The summed E-state index contributed by atoms with van der Waals surface area (Å²) >= 11 is 0. The van der Waals surface area contributed by atoms with Gasteiger partial charge in [0.05, 0.1) is 5.52 Å². The predicted molar refractivity (Wildman–Crippen MR) is 87.1 cm³/mol. The number of hydrogen-bond acceptors (Lipinski definition) is 3. The lowest BCUT2D eigenvalue weighted by molar-refractivity contribution is 0.729. The van der Waals surface area contributed by atoms with Crippen LogP contribution in [0.1, 0.15) is 0 Å². The summed E-state index contributed by atoms with van der Waals surface area (Å²) < 4.78 is 2.01. The number of aromatic nitrogens is 1. The summed E-state index contributed by atoms with van der Waals surface area (Å²) in [6, 6.07) is 15.0. The van der Waals surface area contributed by atoms with Gasteiger partial charge in [-0.25, -0.2) is 0 Å². The second kappa shape index (κ2) is 5.42. The number of nitrogens with zero attached hydrogens (tertiary/aromatic N) is 1. The Morgan fingerprint density at radius 2 is 1.67 bits per heavy atom. The maximum Gasteiger partial charge on any atom is 0.197 e. The second-order valence-electron chi connectivity index (χ2n) is 4.96. The van der Waals surface area contributed by atoms with E-state index in [1.54, 1.807) is 6.07 Å². The molecule has 3 rings (SSSR count). The Morgan fingerprint density at radius 1 is 0.952 bits per heavy atom. The van der Waals surface area contributed by atoms with E-state index in [-0.39, 0.29) is 5.43 Å². The van der Waals surface area contributed by atoms with Crippen LogP contribution in [0.3, 0.4) is 0 Å². The first kappa shape index (κ1) is 13.4. The minimum Gasteiger partial charge on any atom is -0.398 e. The molecule has 106 valence electrons. The van der Waals surface area contributed by atoms with Gasteiger partial charge in [-0.15, -0.1) is 0 Å². The molecule has 2 aromatic carbocycles. The molecule has 0 radical (unpaired) electrons. The van der Waals surface area contributed by atoms with Gasteiger partial charge in [0.25, 0.3) is 0 Å². The molecule has 4 N–H and O–H groups in total. The zero-order valence-electron chi connectivity index (χ0n) is 11.6. The van der Waals surface area contributed by atoms with E-state index < -0.39 is 0 Å². The quantitative estimate of drug-likeness (QED) is 0.722. The number of nitrogen functional groups attached to an aromatic ring is 1. The molecule has 0 aliphatic heterocycles. The minimum absolute atomic E-state index is 0.00299. The number of benzene rings is 2. The molecule has 0 saturated heterocycles. The molecular weight excluding hydrogens is 262 g/mol. The molecule has 4 nitrogen and oxygen atoms in total. The number of pyridine rings is 1. The van der Waals surface area contributed by atoms with Crippen LogP contribution >= 0.6 is 0 Å². The van der Waals surface area contributed by atoms with Crippen LogP contribution in [-0.2, 0) is 6.54 Å². The number of hydrogen-bond donors (Lipinski definition) is 2. The molecule has 0 saturated carbocycles. The summed E-state index contributed by atoms with van der Waals surface area (Å²) in [5.41, 5.74) is 14.6. The highest BCUT2D eigenvalue weighted by Crippen LogP contribution is 2.24. The smallest absolute Gasteiger partial charge is 0.197 e. The first-order valence-corrected chi connectivity index (χ1v) is 6.89. The molecule has 0 unspecified atom stereocenters. The summed E-state index contributed by atoms with van der Waals surface area (Å²) in [6.45, 7) is 1.16. The van der Waals surface area contributed by atoms with Gasteiger partial charge in [0.2, 0.25) is 0 Å². The van der Waals surface area contributed by atoms with Crippen molar-refractivity contribution in [1.82, 2.24) is 4.57 Å². The summed E-state index contributed by atoms with van der Waals surface area (Å²) in [5, 5.41) is 0.687. The van der Waals surface area contributed by atoms with E-state index in [1.807, 2.05) is 53.2 Å². The second-order valence-corrected chi connectivity index (χ2v) is 4.96. The van der Waals surface area contributed by atoms with E-state index in [0.717, 1.165) is 11.1 Å². The van der Waals surface area contributed by atoms with Gasteiger partial charge in [0, 0.05) is 41.5 Å². The van der Waals surface area contributed by atoms with Gasteiger partial charge in [-0.2, -0.15) is 0 Å². The average molecular weight is 279 g/mol. The lowest BCUT2D eigenvalue weighted by Crippen LogP contribution is -2.16. The van der Waals surface area contributed by atoms with Gasteiger partial charge >= 0.3 is 0 Å². The zero-order valence-corrected chi connectivity index (χ0v) is 11.6. The summed E-state index contributed by atoms with van der Waals surface area (Å²) in [6.07, 6.45) is 1.85. The van der Waals surface area contributed by atoms with Crippen molar-refractivity contribution in [2.24, 2.45) is 5.73 Å². The van der Waals surface area contributed by atoms with Crippen LogP contribution < -0.4 is 16.9 Å². The molecular formula is C17H17N3O. The lowest BCUT2D eigenvalue weighted by atomic mass is 10.0. The maximum atomic E-state index is 12.7. The fraction of sp³-hybridized carbons (Fsp3) is 0.118. The Bertz CT molecular complexity index is 852. The molecule has 4 heteroatoms. The monoisotopic (exact) mass is 279 g/mol. The third kappa shape index (κ3) is 2.30. The van der Waals surface area contributed by atoms with Crippen LogP contribution in [0.4, 0.5) is 5.69 Å². The first-order chi connectivity index (χ1) is 10.2. The van der Waals surface area contributed by atoms with Crippen molar-refractivity contribution in [2.45, 2.75) is 6.54 Å². The van der Waals surface area contributed by atoms with Crippen molar-refractivity contribution >= 4 is 16.6 Å². The van der Waals surface area contributed by atoms with Gasteiger partial charge in [-0.1, -0.05) is 30.3 Å². The fourth-order valence-electron chi connectivity index (χ4n) is 2.60. The van der Waals surface area contributed by atoms with Gasteiger partial charge in [-0.05, 0) is 18.2 Å². The number of anilines is 1. The summed E-state index contributed by atoms with van der Waals surface area (Å²) in [7, 11) is 0. The Hall–Kier alpha value is -2.59. The normalized spacial score (nSPS) is 10.9. The van der Waals surface area contributed by atoms with Gasteiger partial charge in [0.15, 0.2) is 5.43 Å². The van der Waals surface area contributed by atoms with E-state index in [1.165, 1.54) is 0 Å². The van der Waals surface area contributed by atoms with Crippen LogP contribution in [0, 0.1) is 0 Å². The van der Waals surface area contributed by atoms with E-state index >= 15 is 0 Å². The number of rotatable bonds is 3. The Balaban J connectivity index is 2.37. The molecule has 3 aromatic rings. The van der Waals surface area contributed by atoms with Crippen molar-refractivity contribution in [3.63, 3.8) is 0 Å². The first-order valence-electron chi connectivity index (χ1n) is 6.89. The number of para-hydroxylation sites is 2. The van der Waals surface area contributed by atoms with E-state index in [4.69, 9.17) is 11.5 Å². The standard InChI is InChI=1S/C17H17N3O/c18-9-10-20-11-14(12-5-1-3-7-15(12)19)17(21)13-6-2-4-8-16(13)20/h1-8,11H,9-10,18-19H2. The Labute approximate surface area is 122 Å². The molecule has 0 spiro atoms. The molecule has 1 aromatic heterocycles. The maximum absolute atomic E-state index is 12.7. The van der Waals surface area contributed by atoms with Crippen LogP contribution in [0.15, 0.2) is 59.5 Å².